The van der Waals surface area contributed by atoms with Crippen LogP contribution in [0.5, 0.6) is 5.88 Å². The summed E-state index contributed by atoms with van der Waals surface area (Å²) in [6.07, 6.45) is 3.28. The second kappa shape index (κ2) is 8.37. The number of nitrogen functional groups attached to an aromatic ring is 1. The summed E-state index contributed by atoms with van der Waals surface area (Å²) in [5, 5.41) is 8.97. The third kappa shape index (κ3) is 3.84. The summed E-state index contributed by atoms with van der Waals surface area (Å²) in [6.45, 7) is 0. The van der Waals surface area contributed by atoms with Gasteiger partial charge in [0.2, 0.25) is 11.8 Å². The van der Waals surface area contributed by atoms with Crippen LogP contribution in [0, 0.1) is 23.0 Å². The van der Waals surface area contributed by atoms with E-state index in [0.29, 0.717) is 4.57 Å². The SMILES string of the molecule is COc1ncc(C#N)cc1S(=O)(=O)Nc1ccc(F)c(-n2ccc3nc(N)ncc3c2=O)c1F. The fraction of sp³-hybridized carbons (Fsp3) is 0.0500. The van der Waals surface area contributed by atoms with Gasteiger partial charge in [0.25, 0.3) is 15.6 Å². The van der Waals surface area contributed by atoms with Crippen molar-refractivity contribution in [3.63, 3.8) is 0 Å². The van der Waals surface area contributed by atoms with Crippen LogP contribution in [0.3, 0.4) is 0 Å². The van der Waals surface area contributed by atoms with Crippen molar-refractivity contribution < 1.29 is 21.9 Å². The Morgan fingerprint density at radius 2 is 1.97 bits per heavy atom. The van der Waals surface area contributed by atoms with Gasteiger partial charge in [-0.05, 0) is 24.3 Å². The van der Waals surface area contributed by atoms with Gasteiger partial charge in [-0.25, -0.2) is 32.2 Å². The lowest BCUT2D eigenvalue weighted by Gasteiger charge is -2.15. The van der Waals surface area contributed by atoms with Gasteiger partial charge in [0, 0.05) is 18.6 Å². The molecule has 0 fully saturated rings. The number of benzene rings is 1. The Morgan fingerprint density at radius 1 is 1.21 bits per heavy atom. The quantitative estimate of drug-likeness (QED) is 0.428. The second-order valence-electron chi connectivity index (χ2n) is 6.72. The molecular weight excluding hydrogens is 472 g/mol. The summed E-state index contributed by atoms with van der Waals surface area (Å²) in [5.41, 5.74) is 3.20. The van der Waals surface area contributed by atoms with Crippen LogP contribution in [-0.2, 0) is 10.0 Å². The van der Waals surface area contributed by atoms with E-state index < -0.39 is 43.5 Å². The van der Waals surface area contributed by atoms with E-state index in [4.69, 9.17) is 15.7 Å². The fourth-order valence-electron chi connectivity index (χ4n) is 3.10. The molecule has 172 valence electrons. The standard InChI is InChI=1S/C20H13F2N7O4S/c1-33-18-15(6-10(7-23)8-25-18)34(31,32)28-14-3-2-12(21)17(16(14)22)29-5-4-13-11(19(29)30)9-26-20(24)27-13/h2-6,8-9,28H,1H3,(H2,24,26,27). The molecule has 1 aromatic carbocycles. The monoisotopic (exact) mass is 485 g/mol. The van der Waals surface area contributed by atoms with Gasteiger partial charge >= 0.3 is 0 Å². The zero-order chi connectivity index (χ0) is 24.6. The first-order valence-corrected chi connectivity index (χ1v) is 10.7. The minimum Gasteiger partial charge on any atom is -0.480 e. The Balaban J connectivity index is 1.85. The maximum atomic E-state index is 15.4. The highest BCUT2D eigenvalue weighted by Gasteiger charge is 2.25. The zero-order valence-corrected chi connectivity index (χ0v) is 18.0. The van der Waals surface area contributed by atoms with Gasteiger partial charge in [0.1, 0.15) is 17.6 Å². The lowest BCUT2D eigenvalue weighted by Crippen LogP contribution is -2.22. The number of hydrogen-bond donors (Lipinski definition) is 2. The molecule has 34 heavy (non-hydrogen) atoms. The highest BCUT2D eigenvalue weighted by Crippen LogP contribution is 2.29. The second-order valence-corrected chi connectivity index (χ2v) is 8.38. The van der Waals surface area contributed by atoms with Crippen molar-refractivity contribution in [2.45, 2.75) is 4.90 Å². The number of sulfonamides is 1. The number of methoxy groups -OCH3 is 1. The lowest BCUT2D eigenvalue weighted by atomic mass is 10.2. The van der Waals surface area contributed by atoms with Gasteiger partial charge in [-0.2, -0.15) is 5.26 Å². The molecule has 0 atom stereocenters. The molecule has 3 aromatic heterocycles. The van der Waals surface area contributed by atoms with Crippen LogP contribution in [-0.4, -0.2) is 35.0 Å². The molecule has 0 saturated heterocycles. The third-order valence-corrected chi connectivity index (χ3v) is 6.01. The number of fused-ring (bicyclic) bond motifs is 1. The average Bonchev–Trinajstić information content (AvgIpc) is 2.81. The summed E-state index contributed by atoms with van der Waals surface area (Å²) in [4.78, 5) is 23.6. The first-order chi connectivity index (χ1) is 16.2. The number of aromatic nitrogens is 4. The van der Waals surface area contributed by atoms with Crippen molar-refractivity contribution >= 4 is 32.6 Å². The number of anilines is 2. The number of ether oxygens (including phenoxy) is 1. The van der Waals surface area contributed by atoms with E-state index in [2.05, 4.69) is 15.0 Å². The molecular formula is C20H13F2N7O4S. The molecule has 4 aromatic rings. The molecule has 0 bridgehead atoms. The van der Waals surface area contributed by atoms with Gasteiger partial charge < -0.3 is 10.5 Å². The Kier molecular flexibility index (Phi) is 5.55. The molecule has 0 radical (unpaired) electrons. The Hall–Kier alpha value is -4.64. The van der Waals surface area contributed by atoms with Gasteiger partial charge in [0.05, 0.1) is 29.3 Å². The van der Waals surface area contributed by atoms with Crippen LogP contribution >= 0.6 is 0 Å². The smallest absolute Gasteiger partial charge is 0.267 e. The minimum atomic E-state index is -4.54. The summed E-state index contributed by atoms with van der Waals surface area (Å²) in [6, 6.07) is 5.65. The normalized spacial score (nSPS) is 11.2. The lowest BCUT2D eigenvalue weighted by molar-refractivity contribution is 0.385. The molecule has 0 spiro atoms. The molecule has 0 saturated carbocycles. The number of nitrogens with one attached hydrogen (secondary N) is 1. The predicted octanol–water partition coefficient (Wildman–Crippen LogP) is 1.72. The first-order valence-electron chi connectivity index (χ1n) is 9.25. The van der Waals surface area contributed by atoms with E-state index in [1.165, 1.54) is 6.07 Å². The van der Waals surface area contributed by atoms with Crippen molar-refractivity contribution in [3.05, 3.63) is 70.4 Å². The number of nitriles is 1. The topological polar surface area (TPSA) is 166 Å². The number of rotatable bonds is 5. The number of pyridine rings is 2. The highest BCUT2D eigenvalue weighted by molar-refractivity contribution is 7.92. The van der Waals surface area contributed by atoms with Crippen LogP contribution in [0.1, 0.15) is 5.56 Å². The zero-order valence-electron chi connectivity index (χ0n) is 17.2. The van der Waals surface area contributed by atoms with Crippen LogP contribution < -0.4 is 20.8 Å². The van der Waals surface area contributed by atoms with Gasteiger partial charge in [0.15, 0.2) is 10.7 Å². The summed E-state index contributed by atoms with van der Waals surface area (Å²) in [7, 11) is -3.38. The number of nitrogens with two attached hydrogens (primary N) is 1. The van der Waals surface area contributed by atoms with Crippen molar-refractivity contribution in [1.82, 2.24) is 19.5 Å². The Bertz CT molecular complexity index is 1670. The van der Waals surface area contributed by atoms with Crippen LogP contribution in [0.25, 0.3) is 16.6 Å². The maximum Gasteiger partial charge on any atom is 0.267 e. The Labute approximate surface area is 190 Å². The molecule has 0 aliphatic carbocycles. The van der Waals surface area contributed by atoms with Crippen molar-refractivity contribution in [2.24, 2.45) is 0 Å². The van der Waals surface area contributed by atoms with E-state index in [9.17, 15) is 17.6 Å². The molecule has 11 nitrogen and oxygen atoms in total. The fourth-order valence-corrected chi connectivity index (χ4v) is 4.30. The number of halogens is 2. The molecule has 14 heteroatoms. The van der Waals surface area contributed by atoms with E-state index in [0.717, 1.165) is 43.9 Å². The maximum absolute atomic E-state index is 15.4. The van der Waals surface area contributed by atoms with Crippen molar-refractivity contribution in [3.8, 4) is 17.6 Å². The first kappa shape index (κ1) is 22.6. The van der Waals surface area contributed by atoms with Crippen LogP contribution in [0.2, 0.25) is 0 Å². The van der Waals surface area contributed by atoms with E-state index >= 15 is 4.39 Å². The van der Waals surface area contributed by atoms with E-state index in [-0.39, 0.29) is 28.3 Å². The van der Waals surface area contributed by atoms with Crippen molar-refractivity contribution in [1.29, 1.82) is 5.26 Å². The average molecular weight is 485 g/mol. The molecule has 0 unspecified atom stereocenters. The van der Waals surface area contributed by atoms with Crippen molar-refractivity contribution in [2.75, 3.05) is 17.6 Å². The number of hydrogen-bond acceptors (Lipinski definition) is 9. The minimum absolute atomic E-state index is 0.0642. The molecule has 0 aliphatic heterocycles. The van der Waals surface area contributed by atoms with E-state index in [1.807, 2.05) is 4.72 Å². The van der Waals surface area contributed by atoms with Crippen LogP contribution in [0.15, 0.2) is 52.5 Å². The molecule has 4 rings (SSSR count). The Morgan fingerprint density at radius 3 is 2.68 bits per heavy atom. The van der Waals surface area contributed by atoms with E-state index in [1.54, 1.807) is 6.07 Å². The van der Waals surface area contributed by atoms with Gasteiger partial charge in [-0.15, -0.1) is 0 Å². The third-order valence-electron chi connectivity index (χ3n) is 4.65. The molecule has 3 N–H and O–H groups in total. The summed E-state index contributed by atoms with van der Waals surface area (Å²) >= 11 is 0. The highest BCUT2D eigenvalue weighted by atomic mass is 32.2. The molecule has 3 heterocycles. The van der Waals surface area contributed by atoms with Gasteiger partial charge in [-0.1, -0.05) is 0 Å². The van der Waals surface area contributed by atoms with Gasteiger partial charge in [-0.3, -0.25) is 14.1 Å². The number of nitrogens with zero attached hydrogens (tertiary/aromatic N) is 5. The summed E-state index contributed by atoms with van der Waals surface area (Å²) in [5.74, 6) is -2.95. The van der Waals surface area contributed by atoms with Crippen LogP contribution in [0.4, 0.5) is 20.4 Å². The molecule has 0 aliphatic rings. The summed E-state index contributed by atoms with van der Waals surface area (Å²) < 4.78 is 63.4. The predicted molar refractivity (Wildman–Crippen MR) is 116 cm³/mol. The molecule has 0 amide bonds. The largest absolute Gasteiger partial charge is 0.480 e.